The van der Waals surface area contributed by atoms with Crippen LogP contribution in [0.5, 0.6) is 5.75 Å². The number of methoxy groups -OCH3 is 1. The lowest BCUT2D eigenvalue weighted by molar-refractivity contribution is -0.0924. The Morgan fingerprint density at radius 1 is 1.47 bits per heavy atom. The van der Waals surface area contributed by atoms with Crippen molar-refractivity contribution in [3.05, 3.63) is 24.3 Å². The quantitative estimate of drug-likeness (QED) is 0.820. The highest BCUT2D eigenvalue weighted by Crippen LogP contribution is 2.27. The molecule has 0 bridgehead atoms. The van der Waals surface area contributed by atoms with E-state index in [0.717, 1.165) is 31.2 Å². The van der Waals surface area contributed by atoms with Gasteiger partial charge in [-0.3, -0.25) is 0 Å². The van der Waals surface area contributed by atoms with E-state index in [1.165, 1.54) is 0 Å². The number of nitrogens with one attached hydrogen (secondary N) is 1. The van der Waals surface area contributed by atoms with Crippen molar-refractivity contribution in [2.45, 2.75) is 6.92 Å². The Morgan fingerprint density at radius 2 is 2.27 bits per heavy atom. The first kappa shape index (κ1) is 10.3. The van der Waals surface area contributed by atoms with Gasteiger partial charge in [0.05, 0.1) is 20.3 Å². The molecule has 1 saturated heterocycles. The van der Waals surface area contributed by atoms with Gasteiger partial charge < -0.3 is 14.8 Å². The van der Waals surface area contributed by atoms with Crippen LogP contribution in [0.1, 0.15) is 6.92 Å². The second-order valence-electron chi connectivity index (χ2n) is 4.39. The van der Waals surface area contributed by atoms with Crippen LogP contribution in [0.4, 0.5) is 5.69 Å². The molecular formula is C12H17NO2. The molecule has 1 N–H and O–H groups in total. The highest BCUT2D eigenvalue weighted by Gasteiger charge is 2.32. The average molecular weight is 207 g/mol. The molecule has 1 fully saturated rings. The molecule has 3 nitrogen and oxygen atoms in total. The van der Waals surface area contributed by atoms with Gasteiger partial charge in [-0.25, -0.2) is 0 Å². The van der Waals surface area contributed by atoms with Gasteiger partial charge in [-0.05, 0) is 12.1 Å². The fraction of sp³-hybridized carbons (Fsp3) is 0.500. The van der Waals surface area contributed by atoms with Crippen molar-refractivity contribution in [2.24, 2.45) is 5.41 Å². The van der Waals surface area contributed by atoms with Crippen molar-refractivity contribution in [2.75, 3.05) is 32.2 Å². The number of benzene rings is 1. The fourth-order valence-electron chi connectivity index (χ4n) is 1.60. The molecule has 1 aromatic carbocycles. The van der Waals surface area contributed by atoms with Crippen LogP contribution in [0.2, 0.25) is 0 Å². The zero-order valence-electron chi connectivity index (χ0n) is 9.25. The maximum absolute atomic E-state index is 5.21. The van der Waals surface area contributed by atoms with E-state index >= 15 is 0 Å². The number of hydrogen-bond donors (Lipinski definition) is 1. The summed E-state index contributed by atoms with van der Waals surface area (Å²) < 4.78 is 10.4. The Bertz CT molecular complexity index is 334. The van der Waals surface area contributed by atoms with Crippen LogP contribution >= 0.6 is 0 Å². The molecule has 0 atom stereocenters. The molecule has 0 spiro atoms. The Labute approximate surface area is 90.4 Å². The van der Waals surface area contributed by atoms with Crippen molar-refractivity contribution in [1.29, 1.82) is 0 Å². The van der Waals surface area contributed by atoms with Gasteiger partial charge in [0.15, 0.2) is 0 Å². The molecule has 0 saturated carbocycles. The molecule has 82 valence electrons. The summed E-state index contributed by atoms with van der Waals surface area (Å²) in [5, 5.41) is 3.40. The Kier molecular flexibility index (Phi) is 2.82. The van der Waals surface area contributed by atoms with Gasteiger partial charge in [-0.1, -0.05) is 13.0 Å². The van der Waals surface area contributed by atoms with Crippen molar-refractivity contribution < 1.29 is 9.47 Å². The monoisotopic (exact) mass is 207 g/mol. The molecule has 15 heavy (non-hydrogen) atoms. The van der Waals surface area contributed by atoms with E-state index in [1.54, 1.807) is 7.11 Å². The topological polar surface area (TPSA) is 30.5 Å². The maximum atomic E-state index is 5.21. The van der Waals surface area contributed by atoms with Crippen molar-refractivity contribution in [3.63, 3.8) is 0 Å². The van der Waals surface area contributed by atoms with Gasteiger partial charge in [0.1, 0.15) is 5.75 Å². The zero-order chi connectivity index (χ0) is 10.7. The Balaban J connectivity index is 1.92. The maximum Gasteiger partial charge on any atom is 0.120 e. The van der Waals surface area contributed by atoms with Crippen LogP contribution in [0.3, 0.4) is 0 Å². The lowest BCUT2D eigenvalue weighted by Crippen LogP contribution is -2.45. The molecule has 0 radical (unpaired) electrons. The van der Waals surface area contributed by atoms with E-state index in [4.69, 9.17) is 9.47 Å². The van der Waals surface area contributed by atoms with E-state index in [0.29, 0.717) is 5.41 Å². The van der Waals surface area contributed by atoms with Crippen LogP contribution in [-0.2, 0) is 4.74 Å². The zero-order valence-corrected chi connectivity index (χ0v) is 9.25. The summed E-state index contributed by atoms with van der Waals surface area (Å²) in [6.45, 7) is 4.87. The molecule has 1 aromatic rings. The van der Waals surface area contributed by atoms with E-state index in [1.807, 2.05) is 24.3 Å². The largest absolute Gasteiger partial charge is 0.497 e. The second kappa shape index (κ2) is 4.11. The lowest BCUT2D eigenvalue weighted by Gasteiger charge is -2.38. The number of hydrogen-bond acceptors (Lipinski definition) is 3. The van der Waals surface area contributed by atoms with Gasteiger partial charge in [0.2, 0.25) is 0 Å². The van der Waals surface area contributed by atoms with E-state index < -0.39 is 0 Å². The van der Waals surface area contributed by atoms with Gasteiger partial charge in [0, 0.05) is 23.7 Å². The molecule has 1 heterocycles. The highest BCUT2D eigenvalue weighted by atomic mass is 16.5. The minimum absolute atomic E-state index is 0.295. The van der Waals surface area contributed by atoms with Gasteiger partial charge >= 0.3 is 0 Å². The molecule has 0 aliphatic carbocycles. The smallest absolute Gasteiger partial charge is 0.120 e. The third-order valence-corrected chi connectivity index (χ3v) is 2.69. The van der Waals surface area contributed by atoms with Crippen LogP contribution in [0.25, 0.3) is 0 Å². The molecule has 0 unspecified atom stereocenters. The standard InChI is InChI=1S/C12H17NO2/c1-12(8-15-9-12)7-13-10-4-3-5-11(6-10)14-2/h3-6,13H,7-9H2,1-2H3. The molecular weight excluding hydrogens is 190 g/mol. The van der Waals surface area contributed by atoms with Crippen LogP contribution < -0.4 is 10.1 Å². The number of anilines is 1. The predicted molar refractivity (Wildman–Crippen MR) is 60.4 cm³/mol. The Hall–Kier alpha value is -1.22. The number of ether oxygens (including phenoxy) is 2. The van der Waals surface area contributed by atoms with Crippen molar-refractivity contribution in [3.8, 4) is 5.75 Å². The van der Waals surface area contributed by atoms with Gasteiger partial charge in [0.25, 0.3) is 0 Å². The van der Waals surface area contributed by atoms with Crippen molar-refractivity contribution in [1.82, 2.24) is 0 Å². The molecule has 2 rings (SSSR count). The first-order valence-electron chi connectivity index (χ1n) is 5.18. The molecule has 1 aliphatic rings. The summed E-state index contributed by atoms with van der Waals surface area (Å²) in [6, 6.07) is 7.98. The van der Waals surface area contributed by atoms with Crippen LogP contribution in [0, 0.1) is 5.41 Å². The minimum Gasteiger partial charge on any atom is -0.497 e. The van der Waals surface area contributed by atoms with E-state index in [-0.39, 0.29) is 0 Å². The second-order valence-corrected chi connectivity index (χ2v) is 4.39. The Morgan fingerprint density at radius 3 is 2.87 bits per heavy atom. The molecule has 0 amide bonds. The fourth-order valence-corrected chi connectivity index (χ4v) is 1.60. The lowest BCUT2D eigenvalue weighted by atomic mass is 9.89. The van der Waals surface area contributed by atoms with Crippen LogP contribution in [-0.4, -0.2) is 26.9 Å². The van der Waals surface area contributed by atoms with Gasteiger partial charge in [-0.2, -0.15) is 0 Å². The SMILES string of the molecule is COc1cccc(NCC2(C)COC2)c1. The van der Waals surface area contributed by atoms with Crippen molar-refractivity contribution >= 4 is 5.69 Å². The summed E-state index contributed by atoms with van der Waals surface area (Å²) in [4.78, 5) is 0. The first-order chi connectivity index (χ1) is 7.22. The summed E-state index contributed by atoms with van der Waals surface area (Å²) in [7, 11) is 1.68. The van der Waals surface area contributed by atoms with Gasteiger partial charge in [-0.15, -0.1) is 0 Å². The normalized spacial score (nSPS) is 18.0. The molecule has 0 aromatic heterocycles. The van der Waals surface area contributed by atoms with Crippen LogP contribution in [0.15, 0.2) is 24.3 Å². The highest BCUT2D eigenvalue weighted by molar-refractivity contribution is 5.48. The minimum atomic E-state index is 0.295. The average Bonchev–Trinajstić information content (AvgIpc) is 2.24. The summed E-state index contributed by atoms with van der Waals surface area (Å²) in [5.41, 5.74) is 1.39. The summed E-state index contributed by atoms with van der Waals surface area (Å²) in [5.74, 6) is 0.884. The molecule has 3 heteroatoms. The van der Waals surface area contributed by atoms with E-state index in [2.05, 4.69) is 12.2 Å². The van der Waals surface area contributed by atoms with E-state index in [9.17, 15) is 0 Å². The first-order valence-corrected chi connectivity index (χ1v) is 5.18. The number of rotatable bonds is 4. The third-order valence-electron chi connectivity index (χ3n) is 2.69. The third kappa shape index (κ3) is 2.42. The summed E-state index contributed by atoms with van der Waals surface area (Å²) in [6.07, 6.45) is 0. The predicted octanol–water partition coefficient (Wildman–Crippen LogP) is 2.14. The molecule has 1 aliphatic heterocycles. The summed E-state index contributed by atoms with van der Waals surface area (Å²) >= 11 is 0.